The first-order chi connectivity index (χ1) is 60.5. The van der Waals surface area contributed by atoms with E-state index < -0.39 is 408 Å². The van der Waals surface area contributed by atoms with Gasteiger partial charge in [0.25, 0.3) is 0 Å². The fraction of sp³-hybridized carbons (Fsp3) is 0.958. The van der Waals surface area contributed by atoms with Gasteiger partial charge in [0.2, 0.25) is 17.7 Å². The Bertz CT molecular complexity index is 3460. The van der Waals surface area contributed by atoms with Gasteiger partial charge >= 0.3 is 0 Å². The van der Waals surface area contributed by atoms with Crippen LogP contribution in [0.4, 0.5) is 0 Å². The molecule has 11 rings (SSSR count). The zero-order chi connectivity index (χ0) is 94.1. The fourth-order valence-electron chi connectivity index (χ4n) is 16.8. The summed E-state index contributed by atoms with van der Waals surface area (Å²) in [4.78, 5) is 40.2. The number of carbonyl (C=O) groups is 3. The lowest BCUT2D eigenvalue weighted by Crippen LogP contribution is -2.71. The second-order valence-electron chi connectivity index (χ2n) is 33.0. The zero-order valence-electron chi connectivity index (χ0n) is 69.2. The van der Waals surface area contributed by atoms with E-state index in [1.54, 1.807) is 0 Å². The molecule has 742 valence electrons. The van der Waals surface area contributed by atoms with E-state index in [1.807, 2.05) is 0 Å². The van der Waals surface area contributed by atoms with Crippen LogP contribution in [0.5, 0.6) is 0 Å². The third kappa shape index (κ3) is 22.5. The van der Waals surface area contributed by atoms with Crippen LogP contribution < -0.4 is 16.0 Å². The highest BCUT2D eigenvalue weighted by atomic mass is 16.8. The Morgan fingerprint density at radius 3 is 0.906 bits per heavy atom. The van der Waals surface area contributed by atoms with Crippen LogP contribution in [0.2, 0.25) is 0 Å². The smallest absolute Gasteiger partial charge is 0.217 e. The summed E-state index contributed by atoms with van der Waals surface area (Å²) in [6.07, 6.45) is -107. The lowest BCUT2D eigenvalue weighted by atomic mass is 9.93. The van der Waals surface area contributed by atoms with Gasteiger partial charge in [-0.1, -0.05) is 0 Å². The first-order valence-electron chi connectivity index (χ1n) is 41.2. The number of rotatable bonds is 31. The molecule has 0 saturated carbocycles. The Morgan fingerprint density at radius 2 is 0.492 bits per heavy atom. The van der Waals surface area contributed by atoms with E-state index in [1.165, 1.54) is 20.8 Å². The molecule has 2 unspecified atom stereocenters. The molecule has 56 heteroatoms. The molecule has 0 aromatic carbocycles. The molecule has 3 amide bonds. The van der Waals surface area contributed by atoms with E-state index in [0.29, 0.717) is 0 Å². The summed E-state index contributed by atoms with van der Waals surface area (Å²) >= 11 is 0. The van der Waals surface area contributed by atoms with Crippen molar-refractivity contribution < 1.29 is 262 Å². The van der Waals surface area contributed by atoms with Crippen molar-refractivity contribution in [2.75, 3.05) is 52.9 Å². The summed E-state index contributed by atoms with van der Waals surface area (Å²) in [7, 11) is 0. The Balaban J connectivity index is 0.878. The second-order valence-corrected chi connectivity index (χ2v) is 33.0. The number of hydrogen-bond acceptors (Lipinski definition) is 53. The monoisotopic (exact) mass is 1880 g/mol. The van der Waals surface area contributed by atoms with E-state index in [9.17, 15) is 162 Å². The van der Waals surface area contributed by atoms with Gasteiger partial charge < -0.3 is 264 Å². The van der Waals surface area contributed by atoms with Crippen molar-refractivity contribution >= 4 is 17.7 Å². The Labute approximate surface area is 725 Å². The molecule has 11 saturated heterocycles. The van der Waals surface area contributed by atoms with Gasteiger partial charge in [-0.15, -0.1) is 0 Å². The predicted octanol–water partition coefficient (Wildman–Crippen LogP) is -21.5. The van der Waals surface area contributed by atoms with Crippen LogP contribution in [0, 0.1) is 0 Å². The minimum atomic E-state index is -2.53. The van der Waals surface area contributed by atoms with Gasteiger partial charge in [0.15, 0.2) is 69.2 Å². The highest BCUT2D eigenvalue weighted by Crippen LogP contribution is 2.42. The third-order valence-electron chi connectivity index (χ3n) is 24.1. The van der Waals surface area contributed by atoms with E-state index in [2.05, 4.69) is 16.0 Å². The number of ether oxygens (including phenoxy) is 21. The topological polar surface area (TPSA) is 868 Å². The maximum Gasteiger partial charge on any atom is 0.217 e. The van der Waals surface area contributed by atoms with Crippen LogP contribution in [-0.2, 0) is 114 Å². The molecular formula is C72H121N3O53. The van der Waals surface area contributed by atoms with Crippen molar-refractivity contribution in [3.63, 3.8) is 0 Å². The van der Waals surface area contributed by atoms with Crippen molar-refractivity contribution in [3.8, 4) is 0 Å². The Hall–Kier alpha value is -3.59. The number of aliphatic hydroxyl groups excluding tert-OH is 29. The standard InChI is InChI=1S/C72H121N3O53/c1-15-32(86)41(95)48(102)66(109-15)122-55-27(13-82)118-65(31(75-20(6)85)57(55)124-72-61(45(99)36(90)22(8-77)116-72)128-68-50(104)43(97)34(88)17(3)111-68)126-59-39(93)28(119-70(52(59)106)121-54-25(11-80)112-62(107)47(101)46(54)100)14-108-63-29(73-18(4)83)40(94)53(26(12-81)117-63)120-69-51(105)58(38(92)24(10-79)114-69)125-64-30(74-19(5)84)56(37(91)23(9-78)113-64)123-71-60(44(98)35(89)21(7-76)115-71)127-67-49(103)42(96)33(87)16(2)110-67/h15-17,21-72,76-82,86-107H,7-14H2,1-6H3,(H,73,83)(H,74,84)(H,75,85)/t15-,16-,17-,21+,22+,23+,24+,25+,26+,27+,28+,29+,30+,31+,32+,33+,34+,35-,36-,37+,38-,39-,40+,41+,42+,43+,44-,45-,46+,47+,48-,49-,50-,51+,52+,53+,54+,55+,56+,57+,58-,59-,60+,61+,62?,63+,64?,65-,66-,67-,68-,69-,70-,71-,72-/m0/s1. The summed E-state index contributed by atoms with van der Waals surface area (Å²) in [5.41, 5.74) is 0. The van der Waals surface area contributed by atoms with E-state index in [4.69, 9.17) is 99.5 Å². The molecule has 0 aromatic heterocycles. The number of aliphatic hydroxyl groups is 29. The van der Waals surface area contributed by atoms with Crippen LogP contribution in [0.3, 0.4) is 0 Å². The molecule has 11 heterocycles. The number of carbonyl (C=O) groups excluding carboxylic acids is 3. The summed E-state index contributed by atoms with van der Waals surface area (Å²) in [6, 6.07) is -6.05. The van der Waals surface area contributed by atoms with Gasteiger partial charge in [0, 0.05) is 20.8 Å². The van der Waals surface area contributed by atoms with Crippen LogP contribution in [0.15, 0.2) is 0 Å². The molecule has 0 radical (unpaired) electrons. The Kier molecular flexibility index (Phi) is 37.0. The highest BCUT2D eigenvalue weighted by Gasteiger charge is 2.63. The first kappa shape index (κ1) is 105. The van der Waals surface area contributed by atoms with Crippen LogP contribution in [0.1, 0.15) is 41.5 Å². The van der Waals surface area contributed by atoms with Gasteiger partial charge in [0.05, 0.1) is 71.2 Å². The molecule has 55 atom stereocenters. The second kappa shape index (κ2) is 45.1. The van der Waals surface area contributed by atoms with Crippen molar-refractivity contribution in [3.05, 3.63) is 0 Å². The molecule has 56 nitrogen and oxygen atoms in total. The summed E-state index contributed by atoms with van der Waals surface area (Å²) in [5.74, 6) is -3.01. The normalized spacial score (nSPS) is 51.6. The molecule has 11 aliphatic heterocycles. The van der Waals surface area contributed by atoms with Gasteiger partial charge in [-0.25, -0.2) is 0 Å². The van der Waals surface area contributed by atoms with E-state index in [-0.39, 0.29) is 0 Å². The van der Waals surface area contributed by atoms with Gasteiger partial charge in [0.1, 0.15) is 250 Å². The molecule has 0 aliphatic carbocycles. The number of amides is 3. The van der Waals surface area contributed by atoms with E-state index in [0.717, 1.165) is 20.8 Å². The molecule has 128 heavy (non-hydrogen) atoms. The van der Waals surface area contributed by atoms with Crippen LogP contribution in [0.25, 0.3) is 0 Å². The van der Waals surface area contributed by atoms with Gasteiger partial charge in [-0.2, -0.15) is 0 Å². The molecular weight excluding hydrogens is 1750 g/mol. The molecule has 11 aliphatic rings. The third-order valence-corrected chi connectivity index (χ3v) is 24.1. The quantitative estimate of drug-likeness (QED) is 0.0306. The number of hydrogen-bond donors (Lipinski definition) is 32. The lowest BCUT2D eigenvalue weighted by Gasteiger charge is -2.52. The van der Waals surface area contributed by atoms with Crippen LogP contribution in [-0.4, -0.2) is 556 Å². The highest BCUT2D eigenvalue weighted by molar-refractivity contribution is 5.74. The van der Waals surface area contributed by atoms with Gasteiger partial charge in [-0.05, 0) is 20.8 Å². The summed E-state index contributed by atoms with van der Waals surface area (Å²) in [6.45, 7) is -2.73. The largest absolute Gasteiger partial charge is 0.394 e. The molecule has 0 spiro atoms. The fourth-order valence-corrected chi connectivity index (χ4v) is 16.8. The maximum absolute atomic E-state index is 13.7. The van der Waals surface area contributed by atoms with Gasteiger partial charge in [-0.3, -0.25) is 14.4 Å². The average Bonchev–Trinajstić information content (AvgIpc) is 0.764. The Morgan fingerprint density at radius 1 is 0.219 bits per heavy atom. The number of nitrogens with one attached hydrogen (secondary N) is 3. The van der Waals surface area contributed by atoms with Crippen molar-refractivity contribution in [1.82, 2.24) is 16.0 Å². The molecule has 0 bridgehead atoms. The van der Waals surface area contributed by atoms with Crippen molar-refractivity contribution in [2.24, 2.45) is 0 Å². The summed E-state index contributed by atoms with van der Waals surface area (Å²) < 4.78 is 126. The lowest BCUT2D eigenvalue weighted by molar-refractivity contribution is -0.401. The van der Waals surface area contributed by atoms with Crippen LogP contribution >= 0.6 is 0 Å². The maximum atomic E-state index is 13.7. The molecule has 11 fully saturated rings. The minimum absolute atomic E-state index is 0.896. The SMILES string of the molecule is CC(=O)N[C@H]1[C@H](OC[C@H]2O[C@@H](O[C@H]3[C@H](O)[C@@H](O)C(O)O[C@@H]3CO)[C@H](O)[C@@H](O[C@@H]3O[C@H](CO)[C@@H](O[C@@H]4O[C@@H](C)[C@@H](O)[C@@H](O)[C@@H]4O)[C@H](O[C@@H]4O[C@H](CO)[C@H](O)[C@H](O)[C@H]4O[C@@H]4O[C@@H](C)[C@@H](O)[C@@H](O)[C@@H]4O)[C@H]3NC(C)=O)[C@H]2O)O[C@H](CO)[C@@H](O[C@@H]2O[C@H](CO)[C@H](O)[C@H](OC3O[C@H](CO)[C@@H](O)[C@H](O[C@@H]4O[C@H](CO)[C@H](O)[C@H](O)[C@H]4O[C@@H]4O[C@@H](C)[C@@H](O)[C@@H](O)[C@@H]4O)[C@H]3NC(C)=O)[C@H]2O)[C@@H]1O. The van der Waals surface area contributed by atoms with Crippen molar-refractivity contribution in [2.45, 2.75) is 379 Å². The molecule has 32 N–H and O–H groups in total. The minimum Gasteiger partial charge on any atom is -0.394 e. The molecule has 0 aromatic rings. The van der Waals surface area contributed by atoms with E-state index >= 15 is 0 Å². The summed E-state index contributed by atoms with van der Waals surface area (Å²) in [5, 5.41) is 331. The van der Waals surface area contributed by atoms with Crippen molar-refractivity contribution in [1.29, 1.82) is 0 Å². The predicted molar refractivity (Wildman–Crippen MR) is 393 cm³/mol. The zero-order valence-corrected chi connectivity index (χ0v) is 69.2. The first-order valence-corrected chi connectivity index (χ1v) is 41.2. The average molecular weight is 1880 g/mol.